The van der Waals surface area contributed by atoms with Gasteiger partial charge in [-0.3, -0.25) is 9.59 Å². The van der Waals surface area contributed by atoms with E-state index >= 15 is 0 Å². The van der Waals surface area contributed by atoms with Gasteiger partial charge in [-0.05, 0) is 53.8 Å². The maximum absolute atomic E-state index is 12.7. The van der Waals surface area contributed by atoms with Gasteiger partial charge in [-0.15, -0.1) is 0 Å². The normalized spacial score (nSPS) is 10.9. The molecule has 6 nitrogen and oxygen atoms in total. The molecule has 0 unspecified atom stereocenters. The average molecular weight is 461 g/mol. The summed E-state index contributed by atoms with van der Waals surface area (Å²) in [7, 11) is 0. The fraction of sp³-hybridized carbons (Fsp3) is 0.286. The molecule has 0 saturated heterocycles. The summed E-state index contributed by atoms with van der Waals surface area (Å²) in [4.78, 5) is 25.0. The van der Waals surface area contributed by atoms with Gasteiger partial charge in [0.15, 0.2) is 6.61 Å². The Morgan fingerprint density at radius 1 is 0.853 bits per heavy atom. The maximum Gasteiger partial charge on any atom is 0.262 e. The number of para-hydroxylation sites is 2. The Hall–Kier alpha value is -3.80. The Bertz CT molecular complexity index is 1120. The molecule has 3 rings (SSSR count). The standard InChI is InChI=1S/C28H32N2O4/c1-20-9-5-7-11-24(20)30-26(31)19-34-25-12-8-6-10-23(25)27(32)29-17-18-33-22-15-13-21(14-16-22)28(2,3)4/h5-16H,17-19H2,1-4H3,(H,29,32)(H,30,31). The summed E-state index contributed by atoms with van der Waals surface area (Å²) in [6.07, 6.45) is 0. The number of rotatable bonds is 9. The number of ether oxygens (including phenoxy) is 2. The molecule has 3 aromatic rings. The lowest BCUT2D eigenvalue weighted by Crippen LogP contribution is -2.29. The predicted octanol–water partition coefficient (Wildman–Crippen LogP) is 5.12. The molecule has 6 heteroatoms. The number of benzene rings is 3. The summed E-state index contributed by atoms with van der Waals surface area (Å²) >= 11 is 0. The molecule has 0 atom stereocenters. The summed E-state index contributed by atoms with van der Waals surface area (Å²) in [5.74, 6) is 0.515. The minimum Gasteiger partial charge on any atom is -0.492 e. The summed E-state index contributed by atoms with van der Waals surface area (Å²) in [5, 5.41) is 5.65. The van der Waals surface area contributed by atoms with E-state index in [0.29, 0.717) is 24.5 Å². The van der Waals surface area contributed by atoms with Crippen LogP contribution in [0.5, 0.6) is 11.5 Å². The Labute approximate surface area is 201 Å². The first-order valence-electron chi connectivity index (χ1n) is 11.3. The lowest BCUT2D eigenvalue weighted by atomic mass is 9.87. The third-order valence-electron chi connectivity index (χ3n) is 5.29. The van der Waals surface area contributed by atoms with E-state index in [4.69, 9.17) is 9.47 Å². The van der Waals surface area contributed by atoms with Gasteiger partial charge < -0.3 is 20.1 Å². The van der Waals surface area contributed by atoms with E-state index in [-0.39, 0.29) is 23.8 Å². The SMILES string of the molecule is Cc1ccccc1NC(=O)COc1ccccc1C(=O)NCCOc1ccc(C(C)(C)C)cc1. The second-order valence-corrected chi connectivity index (χ2v) is 9.03. The van der Waals surface area contributed by atoms with Crippen molar-refractivity contribution in [3.8, 4) is 11.5 Å². The number of hydrogen-bond acceptors (Lipinski definition) is 4. The van der Waals surface area contributed by atoms with E-state index in [0.717, 1.165) is 17.0 Å². The third kappa shape index (κ3) is 7.10. The number of carbonyl (C=O) groups excluding carboxylic acids is 2. The fourth-order valence-corrected chi connectivity index (χ4v) is 3.30. The van der Waals surface area contributed by atoms with Gasteiger partial charge in [-0.25, -0.2) is 0 Å². The Morgan fingerprint density at radius 3 is 2.24 bits per heavy atom. The van der Waals surface area contributed by atoms with Crippen molar-refractivity contribution in [1.82, 2.24) is 5.32 Å². The zero-order chi connectivity index (χ0) is 24.6. The van der Waals surface area contributed by atoms with Crippen LogP contribution in [0, 0.1) is 6.92 Å². The van der Waals surface area contributed by atoms with Crippen LogP contribution in [0.2, 0.25) is 0 Å². The van der Waals surface area contributed by atoms with Crippen LogP contribution in [0.1, 0.15) is 42.3 Å². The molecule has 0 aliphatic rings. The lowest BCUT2D eigenvalue weighted by Gasteiger charge is -2.19. The molecule has 0 bridgehead atoms. The molecule has 0 saturated carbocycles. The van der Waals surface area contributed by atoms with Crippen molar-refractivity contribution in [3.63, 3.8) is 0 Å². The van der Waals surface area contributed by atoms with Crippen LogP contribution in [-0.4, -0.2) is 31.6 Å². The molecule has 34 heavy (non-hydrogen) atoms. The number of nitrogens with one attached hydrogen (secondary N) is 2. The minimum atomic E-state index is -0.296. The number of aryl methyl sites for hydroxylation is 1. The molecule has 178 valence electrons. The molecule has 2 N–H and O–H groups in total. The van der Waals surface area contributed by atoms with E-state index in [1.165, 1.54) is 5.56 Å². The van der Waals surface area contributed by atoms with Crippen LogP contribution >= 0.6 is 0 Å². The molecule has 3 aromatic carbocycles. The minimum absolute atomic E-state index is 0.0864. The average Bonchev–Trinajstić information content (AvgIpc) is 2.82. The van der Waals surface area contributed by atoms with E-state index < -0.39 is 0 Å². The summed E-state index contributed by atoms with van der Waals surface area (Å²) in [6, 6.07) is 22.3. The first-order chi connectivity index (χ1) is 16.2. The summed E-state index contributed by atoms with van der Waals surface area (Å²) in [6.45, 7) is 8.88. The molecular formula is C28H32N2O4. The highest BCUT2D eigenvalue weighted by Crippen LogP contribution is 2.24. The Morgan fingerprint density at radius 2 is 1.53 bits per heavy atom. The monoisotopic (exact) mass is 460 g/mol. The Balaban J connectivity index is 1.48. The smallest absolute Gasteiger partial charge is 0.262 e. The molecule has 0 aliphatic heterocycles. The van der Waals surface area contributed by atoms with E-state index in [9.17, 15) is 9.59 Å². The fourth-order valence-electron chi connectivity index (χ4n) is 3.30. The van der Waals surface area contributed by atoms with Crippen LogP contribution in [0.4, 0.5) is 5.69 Å². The second kappa shape index (κ2) is 11.4. The molecule has 0 heterocycles. The van der Waals surface area contributed by atoms with Crippen LogP contribution in [0.25, 0.3) is 0 Å². The number of amides is 2. The van der Waals surface area contributed by atoms with E-state index in [1.54, 1.807) is 24.3 Å². The highest BCUT2D eigenvalue weighted by Gasteiger charge is 2.14. The third-order valence-corrected chi connectivity index (χ3v) is 5.29. The van der Waals surface area contributed by atoms with Crippen LogP contribution < -0.4 is 20.1 Å². The van der Waals surface area contributed by atoms with Gasteiger partial charge >= 0.3 is 0 Å². The highest BCUT2D eigenvalue weighted by atomic mass is 16.5. The van der Waals surface area contributed by atoms with Crippen LogP contribution in [-0.2, 0) is 10.2 Å². The maximum atomic E-state index is 12.7. The van der Waals surface area contributed by atoms with Gasteiger partial charge in [-0.2, -0.15) is 0 Å². The van der Waals surface area contributed by atoms with Gasteiger partial charge in [0.2, 0.25) is 0 Å². The predicted molar refractivity (Wildman–Crippen MR) is 135 cm³/mol. The highest BCUT2D eigenvalue weighted by molar-refractivity contribution is 5.97. The molecule has 0 aliphatic carbocycles. The van der Waals surface area contributed by atoms with Crippen LogP contribution in [0.15, 0.2) is 72.8 Å². The molecular weight excluding hydrogens is 428 g/mol. The van der Waals surface area contributed by atoms with Crippen LogP contribution in [0.3, 0.4) is 0 Å². The van der Waals surface area contributed by atoms with Crippen molar-refractivity contribution >= 4 is 17.5 Å². The molecule has 0 fully saturated rings. The van der Waals surface area contributed by atoms with Gasteiger partial charge in [0.05, 0.1) is 12.1 Å². The molecule has 0 spiro atoms. The molecule has 0 aromatic heterocycles. The Kier molecular flexibility index (Phi) is 8.30. The van der Waals surface area contributed by atoms with E-state index in [2.05, 4.69) is 43.5 Å². The van der Waals surface area contributed by atoms with Crippen molar-refractivity contribution in [1.29, 1.82) is 0 Å². The quantitative estimate of drug-likeness (QED) is 0.435. The van der Waals surface area contributed by atoms with Crippen molar-refractivity contribution in [3.05, 3.63) is 89.5 Å². The van der Waals surface area contributed by atoms with Crippen molar-refractivity contribution in [2.75, 3.05) is 25.1 Å². The van der Waals surface area contributed by atoms with Crippen molar-refractivity contribution < 1.29 is 19.1 Å². The molecule has 2 amide bonds. The zero-order valence-corrected chi connectivity index (χ0v) is 20.2. The first kappa shape index (κ1) is 24.8. The number of carbonyl (C=O) groups is 2. The zero-order valence-electron chi connectivity index (χ0n) is 20.2. The van der Waals surface area contributed by atoms with Crippen molar-refractivity contribution in [2.24, 2.45) is 0 Å². The number of anilines is 1. The van der Waals surface area contributed by atoms with Gasteiger partial charge in [0.1, 0.15) is 18.1 Å². The molecule has 0 radical (unpaired) electrons. The topological polar surface area (TPSA) is 76.7 Å². The summed E-state index contributed by atoms with van der Waals surface area (Å²) < 4.78 is 11.4. The van der Waals surface area contributed by atoms with Gasteiger partial charge in [-0.1, -0.05) is 63.2 Å². The van der Waals surface area contributed by atoms with E-state index in [1.807, 2.05) is 43.3 Å². The first-order valence-corrected chi connectivity index (χ1v) is 11.3. The van der Waals surface area contributed by atoms with Gasteiger partial charge in [0, 0.05) is 5.69 Å². The number of hydrogen-bond donors (Lipinski definition) is 2. The largest absolute Gasteiger partial charge is 0.492 e. The van der Waals surface area contributed by atoms with Gasteiger partial charge in [0.25, 0.3) is 11.8 Å². The lowest BCUT2D eigenvalue weighted by molar-refractivity contribution is -0.118. The second-order valence-electron chi connectivity index (χ2n) is 9.03. The summed E-state index contributed by atoms with van der Waals surface area (Å²) in [5.41, 5.74) is 3.37. The van der Waals surface area contributed by atoms with Crippen molar-refractivity contribution in [2.45, 2.75) is 33.1 Å².